The fourth-order valence-corrected chi connectivity index (χ4v) is 0.306. The molecule has 0 aliphatic carbocycles. The third-order valence-electron chi connectivity index (χ3n) is 0.839. The van der Waals surface area contributed by atoms with E-state index >= 15 is 0 Å². The summed E-state index contributed by atoms with van der Waals surface area (Å²) in [4.78, 5) is 0. The minimum absolute atomic E-state index is 0.0399. The van der Waals surface area contributed by atoms with E-state index < -0.39 is 0 Å². The van der Waals surface area contributed by atoms with E-state index in [1.807, 2.05) is 0 Å². The van der Waals surface area contributed by atoms with Gasteiger partial charge in [-0.3, -0.25) is 0 Å². The van der Waals surface area contributed by atoms with Gasteiger partial charge in [0.2, 0.25) is 0 Å². The van der Waals surface area contributed by atoms with E-state index in [0.29, 0.717) is 0 Å². The Morgan fingerprint density at radius 3 is 1.70 bits per heavy atom. The van der Waals surface area contributed by atoms with Crippen molar-refractivity contribution >= 4 is 0 Å². The fraction of sp³-hybridized carbons (Fsp3) is 0. The van der Waals surface area contributed by atoms with Crippen LogP contribution in [-0.4, -0.2) is 0 Å². The summed E-state index contributed by atoms with van der Waals surface area (Å²) in [6.07, 6.45) is 0. The van der Waals surface area contributed by atoms with Crippen molar-refractivity contribution in [2.24, 2.45) is 11.5 Å². The minimum Gasteiger partial charge on any atom is -0.397 e. The van der Waals surface area contributed by atoms with Crippen molar-refractivity contribution in [2.75, 3.05) is 0 Å². The van der Waals surface area contributed by atoms with Gasteiger partial charge in [0.15, 0.2) is 5.57 Å². The molecule has 0 fully saturated rings. The standard InChI is InChI=1S/C6H6N4/c1-4(9)6(10)5(2-7)3-8/h1,9-10H2. The predicted octanol–water partition coefficient (Wildman–Crippen LogP) is -0.281. The van der Waals surface area contributed by atoms with E-state index in [1.165, 1.54) is 0 Å². The molecule has 0 atom stereocenters. The van der Waals surface area contributed by atoms with Crippen molar-refractivity contribution in [3.05, 3.63) is 23.5 Å². The van der Waals surface area contributed by atoms with Crippen LogP contribution >= 0.6 is 0 Å². The van der Waals surface area contributed by atoms with Crippen LogP contribution in [0, 0.1) is 22.7 Å². The molecule has 4 nitrogen and oxygen atoms in total. The quantitative estimate of drug-likeness (QED) is 0.380. The van der Waals surface area contributed by atoms with Gasteiger partial charge in [-0.2, -0.15) is 10.5 Å². The highest BCUT2D eigenvalue weighted by molar-refractivity contribution is 5.45. The molecule has 0 spiro atoms. The molecule has 0 radical (unpaired) electrons. The van der Waals surface area contributed by atoms with Crippen molar-refractivity contribution in [3.8, 4) is 12.1 Å². The van der Waals surface area contributed by atoms with Crippen LogP contribution in [0.5, 0.6) is 0 Å². The van der Waals surface area contributed by atoms with Crippen LogP contribution in [0.1, 0.15) is 0 Å². The summed E-state index contributed by atoms with van der Waals surface area (Å²) in [7, 11) is 0. The van der Waals surface area contributed by atoms with Crippen molar-refractivity contribution in [1.29, 1.82) is 10.5 Å². The molecule has 0 saturated carbocycles. The number of rotatable bonds is 1. The Morgan fingerprint density at radius 1 is 1.20 bits per heavy atom. The van der Waals surface area contributed by atoms with Gasteiger partial charge in [0.05, 0.1) is 5.70 Å². The zero-order chi connectivity index (χ0) is 8.15. The van der Waals surface area contributed by atoms with E-state index in [1.54, 1.807) is 12.1 Å². The first-order chi connectivity index (χ1) is 4.63. The third-order valence-corrected chi connectivity index (χ3v) is 0.839. The second-order valence-electron chi connectivity index (χ2n) is 1.54. The lowest BCUT2D eigenvalue weighted by Gasteiger charge is -1.95. The number of hydrogen-bond acceptors (Lipinski definition) is 4. The maximum absolute atomic E-state index is 8.24. The Morgan fingerprint density at radius 2 is 1.60 bits per heavy atom. The molecule has 10 heavy (non-hydrogen) atoms. The van der Waals surface area contributed by atoms with E-state index in [-0.39, 0.29) is 17.0 Å². The zero-order valence-corrected chi connectivity index (χ0v) is 5.26. The van der Waals surface area contributed by atoms with E-state index in [0.717, 1.165) is 0 Å². The largest absolute Gasteiger partial charge is 0.397 e. The van der Waals surface area contributed by atoms with Crippen molar-refractivity contribution in [2.45, 2.75) is 0 Å². The molecule has 0 heterocycles. The van der Waals surface area contributed by atoms with Gasteiger partial charge in [-0.25, -0.2) is 0 Å². The number of nitrogens with zero attached hydrogens (tertiary/aromatic N) is 2. The first kappa shape index (κ1) is 8.06. The number of nitrogens with two attached hydrogens (primary N) is 2. The third kappa shape index (κ3) is 1.53. The van der Waals surface area contributed by atoms with Gasteiger partial charge in [0.25, 0.3) is 0 Å². The molecule has 0 rings (SSSR count). The molecule has 0 aromatic carbocycles. The van der Waals surface area contributed by atoms with Crippen LogP contribution in [0.2, 0.25) is 0 Å². The van der Waals surface area contributed by atoms with Crippen molar-refractivity contribution < 1.29 is 0 Å². The number of hydrogen-bond donors (Lipinski definition) is 2. The molecule has 0 aromatic rings. The molecule has 0 aliphatic rings. The van der Waals surface area contributed by atoms with Gasteiger partial charge in [-0.1, -0.05) is 6.58 Å². The van der Waals surface area contributed by atoms with Crippen LogP contribution in [0.25, 0.3) is 0 Å². The van der Waals surface area contributed by atoms with Crippen LogP contribution < -0.4 is 11.5 Å². The maximum Gasteiger partial charge on any atom is 0.154 e. The summed E-state index contributed by atoms with van der Waals surface area (Å²) in [5.41, 5.74) is 10.1. The smallest absolute Gasteiger partial charge is 0.154 e. The van der Waals surface area contributed by atoms with Crippen LogP contribution in [-0.2, 0) is 0 Å². The summed E-state index contributed by atoms with van der Waals surface area (Å²) in [6.45, 7) is 3.26. The topological polar surface area (TPSA) is 99.6 Å². The molecule has 0 saturated heterocycles. The van der Waals surface area contributed by atoms with Gasteiger partial charge in [0, 0.05) is 5.70 Å². The van der Waals surface area contributed by atoms with Gasteiger partial charge in [0.1, 0.15) is 12.1 Å². The summed E-state index contributed by atoms with van der Waals surface area (Å²) >= 11 is 0. The first-order valence-corrected chi connectivity index (χ1v) is 2.38. The molecule has 0 aliphatic heterocycles. The van der Waals surface area contributed by atoms with Crippen LogP contribution in [0.15, 0.2) is 23.5 Å². The normalized spacial score (nSPS) is 7.00. The average Bonchev–Trinajstić information content (AvgIpc) is 1.90. The molecule has 0 amide bonds. The SMILES string of the molecule is C=C(N)C(N)=C(C#N)C#N. The average molecular weight is 134 g/mol. The second kappa shape index (κ2) is 3.16. The lowest BCUT2D eigenvalue weighted by Crippen LogP contribution is -2.09. The molecule has 0 unspecified atom stereocenters. The zero-order valence-electron chi connectivity index (χ0n) is 5.26. The van der Waals surface area contributed by atoms with Gasteiger partial charge >= 0.3 is 0 Å². The minimum atomic E-state index is -0.201. The number of allylic oxidation sites excluding steroid dienone is 1. The highest BCUT2D eigenvalue weighted by Gasteiger charge is 2.00. The maximum atomic E-state index is 8.24. The van der Waals surface area contributed by atoms with Gasteiger partial charge < -0.3 is 11.5 Å². The Hall–Kier alpha value is -1.94. The fourth-order valence-electron chi connectivity index (χ4n) is 0.306. The van der Waals surface area contributed by atoms with Gasteiger partial charge in [-0.15, -0.1) is 0 Å². The van der Waals surface area contributed by atoms with E-state index in [4.69, 9.17) is 22.0 Å². The van der Waals surface area contributed by atoms with Gasteiger partial charge in [-0.05, 0) is 0 Å². The molecular weight excluding hydrogens is 128 g/mol. The van der Waals surface area contributed by atoms with Crippen LogP contribution in [0.4, 0.5) is 0 Å². The van der Waals surface area contributed by atoms with Crippen molar-refractivity contribution in [1.82, 2.24) is 0 Å². The Labute approximate surface area is 58.6 Å². The van der Waals surface area contributed by atoms with Crippen LogP contribution in [0.3, 0.4) is 0 Å². The molecule has 0 aromatic heterocycles. The van der Waals surface area contributed by atoms with Crippen molar-refractivity contribution in [3.63, 3.8) is 0 Å². The van der Waals surface area contributed by atoms with E-state index in [9.17, 15) is 0 Å². The lowest BCUT2D eigenvalue weighted by atomic mass is 10.2. The summed E-state index contributed by atoms with van der Waals surface area (Å²) in [5.74, 6) is 0. The Bertz CT molecular complexity index is 244. The highest BCUT2D eigenvalue weighted by atomic mass is 14.7. The second-order valence-corrected chi connectivity index (χ2v) is 1.54. The Kier molecular flexibility index (Phi) is 2.55. The molecular formula is C6H6N4. The molecule has 4 N–H and O–H groups in total. The molecule has 4 heteroatoms. The summed E-state index contributed by atoms with van der Waals surface area (Å²) in [5, 5.41) is 16.5. The number of nitriles is 2. The monoisotopic (exact) mass is 134 g/mol. The molecule has 0 bridgehead atoms. The summed E-state index contributed by atoms with van der Waals surface area (Å²) < 4.78 is 0. The highest BCUT2D eigenvalue weighted by Crippen LogP contribution is 1.99. The summed E-state index contributed by atoms with van der Waals surface area (Å²) in [6, 6.07) is 3.17. The van der Waals surface area contributed by atoms with E-state index in [2.05, 4.69) is 6.58 Å². The predicted molar refractivity (Wildman–Crippen MR) is 35.8 cm³/mol. The Balaban J connectivity index is 4.89. The lowest BCUT2D eigenvalue weighted by molar-refractivity contribution is 1.23. The molecule has 50 valence electrons. The first-order valence-electron chi connectivity index (χ1n) is 2.38.